The molecule has 3 aromatic rings. The predicted molar refractivity (Wildman–Crippen MR) is 168 cm³/mol. The van der Waals surface area contributed by atoms with Crippen LogP contribution in [0.2, 0.25) is 0 Å². The molecule has 10 heteroatoms. The highest BCUT2D eigenvalue weighted by Crippen LogP contribution is 2.28. The van der Waals surface area contributed by atoms with Gasteiger partial charge in [-0.05, 0) is 49.6 Å². The molecule has 0 saturated carbocycles. The van der Waals surface area contributed by atoms with Crippen molar-refractivity contribution in [3.05, 3.63) is 82.4 Å². The molecule has 0 radical (unpaired) electrons. The first-order chi connectivity index (χ1) is 19.1. The molecular formula is C31H38Cl2N4O4. The quantitative estimate of drug-likeness (QED) is 0.320. The standard InChI is InChI=1S/C31H36N4O4.2ClH/c1-21-14-26(38-19-24-8-6-22(16-28(24)36-2)30-32-10-4-11-33-30)18-27(15-21)39-20-25-9-7-23(17-29(25)37-3)31-34-12-5-13-35-31;;/h6-9,14-18H,4-5,10-13,19-20H2,1-3H3,(H,32,33)(H,34,35);2*1H. The number of nitrogens with one attached hydrogen (secondary N) is 2. The lowest BCUT2D eigenvalue weighted by Crippen LogP contribution is -2.30. The Kier molecular flexibility index (Phi) is 12.0. The highest BCUT2D eigenvalue weighted by Gasteiger charge is 2.14. The van der Waals surface area contributed by atoms with Crippen molar-refractivity contribution in [2.75, 3.05) is 40.4 Å². The molecule has 0 unspecified atom stereocenters. The van der Waals surface area contributed by atoms with Crippen LogP contribution in [0.1, 0.15) is 40.7 Å². The van der Waals surface area contributed by atoms with Crippen LogP contribution in [0.25, 0.3) is 0 Å². The number of hydrogen-bond acceptors (Lipinski definition) is 8. The first kappa shape index (κ1) is 31.9. The van der Waals surface area contributed by atoms with Crippen LogP contribution in [-0.2, 0) is 13.2 Å². The van der Waals surface area contributed by atoms with Gasteiger partial charge >= 0.3 is 0 Å². The van der Waals surface area contributed by atoms with Gasteiger partial charge in [0.25, 0.3) is 0 Å². The Bertz CT molecular complexity index is 1280. The van der Waals surface area contributed by atoms with Crippen LogP contribution in [0.15, 0.2) is 64.6 Å². The van der Waals surface area contributed by atoms with Crippen LogP contribution in [0.5, 0.6) is 23.0 Å². The lowest BCUT2D eigenvalue weighted by atomic mass is 10.1. The number of amidine groups is 2. The molecule has 0 amide bonds. The second-order valence-corrected chi connectivity index (χ2v) is 9.63. The highest BCUT2D eigenvalue weighted by atomic mass is 35.5. The summed E-state index contributed by atoms with van der Waals surface area (Å²) in [6.45, 7) is 6.35. The average molecular weight is 602 g/mol. The zero-order valence-electron chi connectivity index (χ0n) is 23.7. The summed E-state index contributed by atoms with van der Waals surface area (Å²) in [5.74, 6) is 4.85. The summed E-state index contributed by atoms with van der Waals surface area (Å²) in [4.78, 5) is 9.16. The van der Waals surface area contributed by atoms with E-state index in [2.05, 4.69) is 32.8 Å². The number of benzene rings is 3. The van der Waals surface area contributed by atoms with Crippen LogP contribution in [0.3, 0.4) is 0 Å². The molecular weight excluding hydrogens is 563 g/mol. The number of hydrogen-bond donors (Lipinski definition) is 2. The first-order valence-electron chi connectivity index (χ1n) is 13.4. The normalized spacial score (nSPS) is 14.1. The van der Waals surface area contributed by atoms with Crippen molar-refractivity contribution < 1.29 is 18.9 Å². The largest absolute Gasteiger partial charge is 0.496 e. The van der Waals surface area contributed by atoms with Crippen molar-refractivity contribution >= 4 is 36.5 Å². The molecule has 0 bridgehead atoms. The van der Waals surface area contributed by atoms with E-state index >= 15 is 0 Å². The summed E-state index contributed by atoms with van der Waals surface area (Å²) in [6, 6.07) is 18.1. The van der Waals surface area contributed by atoms with Crippen molar-refractivity contribution in [3.8, 4) is 23.0 Å². The van der Waals surface area contributed by atoms with Crippen molar-refractivity contribution in [1.82, 2.24) is 10.6 Å². The van der Waals surface area contributed by atoms with E-state index in [4.69, 9.17) is 18.9 Å². The Hall–Kier alpha value is -3.62. The number of aryl methyl sites for hydroxylation is 1. The molecule has 2 aliphatic rings. The molecule has 3 aromatic carbocycles. The lowest BCUT2D eigenvalue weighted by Gasteiger charge is -2.17. The molecule has 0 spiro atoms. The van der Waals surface area contributed by atoms with Crippen molar-refractivity contribution in [3.63, 3.8) is 0 Å². The fourth-order valence-electron chi connectivity index (χ4n) is 4.68. The van der Waals surface area contributed by atoms with Gasteiger partial charge in [-0.3, -0.25) is 9.98 Å². The summed E-state index contributed by atoms with van der Waals surface area (Å²) in [5, 5.41) is 6.72. The molecule has 0 atom stereocenters. The molecule has 41 heavy (non-hydrogen) atoms. The van der Waals surface area contributed by atoms with E-state index < -0.39 is 0 Å². The molecule has 2 N–H and O–H groups in total. The van der Waals surface area contributed by atoms with Gasteiger partial charge in [0.1, 0.15) is 47.9 Å². The minimum Gasteiger partial charge on any atom is -0.496 e. The summed E-state index contributed by atoms with van der Waals surface area (Å²) in [6.07, 6.45) is 2.12. The molecule has 0 aliphatic carbocycles. The zero-order chi connectivity index (χ0) is 27.0. The lowest BCUT2D eigenvalue weighted by molar-refractivity contribution is 0.282. The topological polar surface area (TPSA) is 85.7 Å². The molecule has 0 saturated heterocycles. The van der Waals surface area contributed by atoms with Crippen LogP contribution in [-0.4, -0.2) is 52.1 Å². The molecule has 2 heterocycles. The fourth-order valence-corrected chi connectivity index (χ4v) is 4.68. The second kappa shape index (κ2) is 15.4. The minimum absolute atomic E-state index is 0. The van der Waals surface area contributed by atoms with E-state index in [9.17, 15) is 0 Å². The fraction of sp³-hybridized carbons (Fsp3) is 0.355. The van der Waals surface area contributed by atoms with Gasteiger partial charge < -0.3 is 29.6 Å². The minimum atomic E-state index is 0. The van der Waals surface area contributed by atoms with Gasteiger partial charge in [0.05, 0.1) is 14.2 Å². The predicted octanol–water partition coefficient (Wildman–Crippen LogP) is 5.49. The maximum atomic E-state index is 6.17. The third kappa shape index (κ3) is 8.21. The Morgan fingerprint density at radius 1 is 0.659 bits per heavy atom. The summed E-state index contributed by atoms with van der Waals surface area (Å²) >= 11 is 0. The smallest absolute Gasteiger partial charge is 0.128 e. The van der Waals surface area contributed by atoms with Gasteiger partial charge in [0, 0.05) is 54.5 Å². The summed E-state index contributed by atoms with van der Waals surface area (Å²) in [7, 11) is 3.36. The SMILES string of the molecule is COc1cc(C2=NCCCN2)ccc1COc1cc(C)cc(OCc2ccc(C3=NCCCN3)cc2OC)c1.Cl.Cl. The van der Waals surface area contributed by atoms with E-state index in [-0.39, 0.29) is 24.8 Å². The maximum Gasteiger partial charge on any atom is 0.128 e. The second-order valence-electron chi connectivity index (χ2n) is 9.63. The average Bonchev–Trinajstić information content (AvgIpc) is 2.99. The molecule has 8 nitrogen and oxygen atoms in total. The Morgan fingerprint density at radius 2 is 1.12 bits per heavy atom. The number of methoxy groups -OCH3 is 2. The van der Waals surface area contributed by atoms with E-state index in [0.717, 1.165) is 102 Å². The molecule has 2 aliphatic heterocycles. The maximum absolute atomic E-state index is 6.17. The number of halogens is 2. The monoisotopic (exact) mass is 600 g/mol. The van der Waals surface area contributed by atoms with Crippen molar-refractivity contribution in [2.24, 2.45) is 9.98 Å². The number of ether oxygens (including phenoxy) is 4. The van der Waals surface area contributed by atoms with Crippen LogP contribution >= 0.6 is 24.8 Å². The number of nitrogens with zero attached hydrogens (tertiary/aromatic N) is 2. The molecule has 220 valence electrons. The van der Waals surface area contributed by atoms with Crippen LogP contribution in [0, 0.1) is 6.92 Å². The molecule has 0 fully saturated rings. The van der Waals surface area contributed by atoms with Gasteiger partial charge in [-0.25, -0.2) is 0 Å². The third-order valence-electron chi connectivity index (χ3n) is 6.73. The van der Waals surface area contributed by atoms with Gasteiger partial charge in [-0.1, -0.05) is 24.3 Å². The Labute approximate surface area is 254 Å². The summed E-state index contributed by atoms with van der Waals surface area (Å²) in [5.41, 5.74) is 5.02. The van der Waals surface area contributed by atoms with Gasteiger partial charge in [-0.2, -0.15) is 0 Å². The molecule has 0 aromatic heterocycles. The van der Waals surface area contributed by atoms with Gasteiger partial charge in [-0.15, -0.1) is 24.8 Å². The molecule has 5 rings (SSSR count). The van der Waals surface area contributed by atoms with Gasteiger partial charge in [0.2, 0.25) is 0 Å². The Morgan fingerprint density at radius 3 is 1.51 bits per heavy atom. The highest BCUT2D eigenvalue weighted by molar-refractivity contribution is 6.00. The zero-order valence-corrected chi connectivity index (χ0v) is 25.3. The van der Waals surface area contributed by atoms with E-state index in [1.54, 1.807) is 14.2 Å². The van der Waals surface area contributed by atoms with Crippen LogP contribution < -0.4 is 29.6 Å². The first-order valence-corrected chi connectivity index (χ1v) is 13.4. The van der Waals surface area contributed by atoms with Crippen molar-refractivity contribution in [1.29, 1.82) is 0 Å². The summed E-state index contributed by atoms with van der Waals surface area (Å²) < 4.78 is 23.7. The van der Waals surface area contributed by atoms with E-state index in [0.29, 0.717) is 13.2 Å². The third-order valence-corrected chi connectivity index (χ3v) is 6.73. The number of rotatable bonds is 10. The van der Waals surface area contributed by atoms with Crippen molar-refractivity contribution in [2.45, 2.75) is 33.0 Å². The number of aliphatic imine (C=N–C) groups is 2. The van der Waals surface area contributed by atoms with E-state index in [1.807, 2.05) is 49.4 Å². The Balaban J connectivity index is 0.00000231. The van der Waals surface area contributed by atoms with Crippen LogP contribution in [0.4, 0.5) is 0 Å². The van der Waals surface area contributed by atoms with E-state index in [1.165, 1.54) is 0 Å². The van der Waals surface area contributed by atoms with Gasteiger partial charge in [0.15, 0.2) is 0 Å².